The van der Waals surface area contributed by atoms with Crippen molar-refractivity contribution in [2.24, 2.45) is 0 Å². The number of hydrogen-bond acceptors (Lipinski definition) is 6. The van der Waals surface area contributed by atoms with Gasteiger partial charge in [-0.1, -0.05) is 25.1 Å². The molecule has 3 atom stereocenters. The van der Waals surface area contributed by atoms with E-state index in [1.165, 1.54) is 6.42 Å². The van der Waals surface area contributed by atoms with Crippen LogP contribution in [0.3, 0.4) is 0 Å². The minimum Gasteiger partial charge on any atom is -0.493 e. The summed E-state index contributed by atoms with van der Waals surface area (Å²) in [5.74, 6) is 0.712. The molecule has 2 amide bonds. The Hall–Kier alpha value is -3.26. The number of likely N-dealkylation sites (tertiary alicyclic amines) is 1. The second-order valence-electron chi connectivity index (χ2n) is 9.82. The summed E-state index contributed by atoms with van der Waals surface area (Å²) in [7, 11) is 6.83. The van der Waals surface area contributed by atoms with Crippen molar-refractivity contribution >= 4 is 11.8 Å². The van der Waals surface area contributed by atoms with E-state index in [1.54, 1.807) is 21.3 Å². The maximum Gasteiger partial charge on any atom is 0.254 e. The molecule has 1 N–H and O–H groups in total. The molecule has 2 aromatic rings. The van der Waals surface area contributed by atoms with Crippen molar-refractivity contribution in [2.75, 3.05) is 48.0 Å². The Morgan fingerprint density at radius 3 is 2.38 bits per heavy atom. The van der Waals surface area contributed by atoms with Gasteiger partial charge in [0.1, 0.15) is 0 Å². The van der Waals surface area contributed by atoms with Crippen LogP contribution in [0.15, 0.2) is 36.4 Å². The van der Waals surface area contributed by atoms with Crippen LogP contribution in [0.4, 0.5) is 0 Å². The number of benzene rings is 2. The highest BCUT2D eigenvalue weighted by Gasteiger charge is 2.44. The third-order valence-electron chi connectivity index (χ3n) is 7.66. The number of carbonyl (C=O) groups excluding carboxylic acids is 2. The van der Waals surface area contributed by atoms with Crippen LogP contribution in [0.25, 0.3) is 0 Å². The van der Waals surface area contributed by atoms with E-state index in [9.17, 15) is 9.59 Å². The average Bonchev–Trinajstić information content (AvgIpc) is 3.33. The van der Waals surface area contributed by atoms with Crippen molar-refractivity contribution in [1.82, 2.24) is 15.1 Å². The number of methoxy groups -OCH3 is 3. The van der Waals surface area contributed by atoms with Gasteiger partial charge < -0.3 is 29.3 Å². The van der Waals surface area contributed by atoms with Gasteiger partial charge in [-0.25, -0.2) is 0 Å². The third kappa shape index (κ3) is 5.25. The molecule has 4 rings (SSSR count). The summed E-state index contributed by atoms with van der Waals surface area (Å²) in [4.78, 5) is 31.8. The molecule has 1 fully saturated rings. The van der Waals surface area contributed by atoms with Crippen LogP contribution in [-0.2, 0) is 4.79 Å². The zero-order valence-corrected chi connectivity index (χ0v) is 22.6. The van der Waals surface area contributed by atoms with Gasteiger partial charge in [-0.2, -0.15) is 0 Å². The third-order valence-corrected chi connectivity index (χ3v) is 7.66. The lowest BCUT2D eigenvalue weighted by Gasteiger charge is -2.42. The van der Waals surface area contributed by atoms with Crippen molar-refractivity contribution in [2.45, 2.75) is 50.6 Å². The highest BCUT2D eigenvalue weighted by Crippen LogP contribution is 2.47. The van der Waals surface area contributed by atoms with E-state index >= 15 is 0 Å². The molecule has 0 bridgehead atoms. The molecule has 2 aromatic carbocycles. The fraction of sp³-hybridized carbons (Fsp3) is 0.517. The Kier molecular flexibility index (Phi) is 8.59. The van der Waals surface area contributed by atoms with Gasteiger partial charge in [0.25, 0.3) is 5.91 Å². The Labute approximate surface area is 219 Å². The minimum absolute atomic E-state index is 0.0761. The summed E-state index contributed by atoms with van der Waals surface area (Å²) in [6.07, 6.45) is 4.02. The molecule has 2 aliphatic rings. The number of nitrogens with zero attached hydrogens (tertiary/aromatic N) is 2. The minimum atomic E-state index is -0.579. The zero-order chi connectivity index (χ0) is 26.5. The lowest BCUT2D eigenvalue weighted by molar-refractivity contribution is -0.124. The van der Waals surface area contributed by atoms with E-state index in [2.05, 4.69) is 17.3 Å². The van der Waals surface area contributed by atoms with Crippen molar-refractivity contribution in [3.05, 3.63) is 53.1 Å². The molecular formula is C29H39N3O5. The number of hydrogen-bond donors (Lipinski definition) is 1. The molecule has 1 saturated heterocycles. The molecule has 37 heavy (non-hydrogen) atoms. The Morgan fingerprint density at radius 2 is 1.78 bits per heavy atom. The molecule has 0 radical (unpaired) electrons. The number of ether oxygens (including phenoxy) is 3. The summed E-state index contributed by atoms with van der Waals surface area (Å²) in [5, 5.41) is 3.21. The highest BCUT2D eigenvalue weighted by molar-refractivity contribution is 6.01. The Morgan fingerprint density at radius 1 is 1.08 bits per heavy atom. The van der Waals surface area contributed by atoms with Crippen LogP contribution in [0.2, 0.25) is 0 Å². The van der Waals surface area contributed by atoms with Crippen molar-refractivity contribution < 1.29 is 23.8 Å². The Balaban J connectivity index is 1.76. The summed E-state index contributed by atoms with van der Waals surface area (Å²) in [5.41, 5.74) is 2.09. The van der Waals surface area contributed by atoms with Gasteiger partial charge >= 0.3 is 0 Å². The standard InChI is InChI=1S/C29H39N3O5/c1-6-15-32-26(19-17-23(35-3)27(37-5)24(18-19)36-4)25(21-11-7-8-12-22(21)29(32)34)28(33)30-14-13-20-10-9-16-31(20)2/h7-8,11-12,17-18,20,25-26H,6,9-10,13-16H2,1-5H3,(H,30,33)/t20-,25+,26+/m1/s1. The fourth-order valence-corrected chi connectivity index (χ4v) is 5.82. The van der Waals surface area contributed by atoms with E-state index in [-0.39, 0.29) is 11.8 Å². The summed E-state index contributed by atoms with van der Waals surface area (Å²) in [6.45, 7) is 4.25. The number of carbonyl (C=O) groups is 2. The number of nitrogens with one attached hydrogen (secondary N) is 1. The molecule has 0 aliphatic carbocycles. The van der Waals surface area contributed by atoms with Gasteiger partial charge in [-0.05, 0) is 68.6 Å². The van der Waals surface area contributed by atoms with Crippen LogP contribution in [0, 0.1) is 0 Å². The Bertz CT molecular complexity index is 1100. The van der Waals surface area contributed by atoms with Gasteiger partial charge in [0.2, 0.25) is 11.7 Å². The normalized spacial score (nSPS) is 21.5. The van der Waals surface area contributed by atoms with Gasteiger partial charge in [0.05, 0.1) is 33.3 Å². The first kappa shape index (κ1) is 26.8. The van der Waals surface area contributed by atoms with Gasteiger partial charge in [-0.3, -0.25) is 9.59 Å². The molecule has 2 heterocycles. The largest absolute Gasteiger partial charge is 0.493 e. The van der Waals surface area contributed by atoms with Gasteiger partial charge in [0, 0.05) is 24.7 Å². The second kappa shape index (κ2) is 11.9. The molecule has 2 aliphatic heterocycles. The van der Waals surface area contributed by atoms with Crippen LogP contribution in [0.5, 0.6) is 17.2 Å². The summed E-state index contributed by atoms with van der Waals surface area (Å²) in [6, 6.07) is 11.1. The first-order chi connectivity index (χ1) is 17.9. The van der Waals surface area contributed by atoms with Crippen molar-refractivity contribution in [3.8, 4) is 17.2 Å². The maximum atomic E-state index is 13.9. The lowest BCUT2D eigenvalue weighted by atomic mass is 9.79. The van der Waals surface area contributed by atoms with E-state index in [0.29, 0.717) is 41.9 Å². The van der Waals surface area contributed by atoms with Crippen LogP contribution in [-0.4, -0.2) is 75.7 Å². The summed E-state index contributed by atoms with van der Waals surface area (Å²) >= 11 is 0. The second-order valence-corrected chi connectivity index (χ2v) is 9.82. The molecule has 0 spiro atoms. The highest BCUT2D eigenvalue weighted by atomic mass is 16.5. The van der Waals surface area contributed by atoms with Crippen LogP contribution < -0.4 is 19.5 Å². The lowest BCUT2D eigenvalue weighted by Crippen LogP contribution is -2.48. The number of amides is 2. The van der Waals surface area contributed by atoms with Gasteiger partial charge in [-0.15, -0.1) is 0 Å². The van der Waals surface area contributed by atoms with Crippen LogP contribution >= 0.6 is 0 Å². The van der Waals surface area contributed by atoms with E-state index in [1.807, 2.05) is 48.2 Å². The predicted molar refractivity (Wildman–Crippen MR) is 143 cm³/mol. The first-order valence-corrected chi connectivity index (χ1v) is 13.1. The molecular weight excluding hydrogens is 470 g/mol. The van der Waals surface area contributed by atoms with E-state index < -0.39 is 12.0 Å². The SMILES string of the molecule is CCCN1C(=O)c2ccccc2[C@H](C(=O)NCC[C@H]2CCCN2C)[C@@H]1c1cc(OC)c(OC)c(OC)c1. The van der Waals surface area contributed by atoms with Crippen molar-refractivity contribution in [3.63, 3.8) is 0 Å². The monoisotopic (exact) mass is 509 g/mol. The molecule has 0 aromatic heterocycles. The van der Waals surface area contributed by atoms with Gasteiger partial charge in [0.15, 0.2) is 11.5 Å². The molecule has 8 nitrogen and oxygen atoms in total. The van der Waals surface area contributed by atoms with Crippen LogP contribution in [0.1, 0.15) is 66.1 Å². The predicted octanol–water partition coefficient (Wildman–Crippen LogP) is 4.00. The number of rotatable bonds is 10. The maximum absolute atomic E-state index is 13.9. The zero-order valence-electron chi connectivity index (χ0n) is 22.6. The number of fused-ring (bicyclic) bond motifs is 1. The topological polar surface area (TPSA) is 80.3 Å². The molecule has 8 heteroatoms. The molecule has 200 valence electrons. The smallest absolute Gasteiger partial charge is 0.254 e. The average molecular weight is 510 g/mol. The van der Waals surface area contributed by atoms with E-state index in [4.69, 9.17) is 14.2 Å². The fourth-order valence-electron chi connectivity index (χ4n) is 5.82. The quantitative estimate of drug-likeness (QED) is 0.522. The van der Waals surface area contributed by atoms with E-state index in [0.717, 1.165) is 36.9 Å². The molecule has 0 saturated carbocycles. The summed E-state index contributed by atoms with van der Waals surface area (Å²) < 4.78 is 16.8. The molecule has 0 unspecified atom stereocenters. The first-order valence-electron chi connectivity index (χ1n) is 13.1. The van der Waals surface area contributed by atoms with Crippen molar-refractivity contribution in [1.29, 1.82) is 0 Å².